The van der Waals surface area contributed by atoms with Crippen LogP contribution >= 0.6 is 24.0 Å². The molecule has 6 heteroatoms. The molecule has 2 heterocycles. The van der Waals surface area contributed by atoms with Crippen molar-refractivity contribution in [2.24, 2.45) is 10.4 Å². The predicted octanol–water partition coefficient (Wildman–Crippen LogP) is 2.95. The van der Waals surface area contributed by atoms with Crippen LogP contribution in [0.15, 0.2) is 29.3 Å². The maximum Gasteiger partial charge on any atom is 0.194 e. The second-order valence-corrected chi connectivity index (χ2v) is 7.21. The standard InChI is InChI=1S/C19H30N4O.HI/c1-4-20-18(23-10-8-19(14-23)9-11-24-15-19)21-13-16-6-5-7-17(12-16)22(2)3;/h5-7,12H,4,8-11,13-15H2,1-3H3,(H,20,21);1H. The van der Waals surface area contributed by atoms with E-state index in [1.807, 2.05) is 0 Å². The van der Waals surface area contributed by atoms with E-state index >= 15 is 0 Å². The van der Waals surface area contributed by atoms with E-state index < -0.39 is 0 Å². The molecular formula is C19H31IN4O. The molecule has 2 saturated heterocycles. The summed E-state index contributed by atoms with van der Waals surface area (Å²) < 4.78 is 5.64. The van der Waals surface area contributed by atoms with Crippen molar-refractivity contribution in [3.05, 3.63) is 29.8 Å². The molecule has 1 N–H and O–H groups in total. The third-order valence-electron chi connectivity index (χ3n) is 5.10. The highest BCUT2D eigenvalue weighted by atomic mass is 127. The van der Waals surface area contributed by atoms with Gasteiger partial charge in [0.25, 0.3) is 0 Å². The van der Waals surface area contributed by atoms with Crippen LogP contribution in [0.2, 0.25) is 0 Å². The Labute approximate surface area is 168 Å². The van der Waals surface area contributed by atoms with Crippen molar-refractivity contribution in [3.63, 3.8) is 0 Å². The maximum absolute atomic E-state index is 5.64. The van der Waals surface area contributed by atoms with Crippen LogP contribution in [0.5, 0.6) is 0 Å². The zero-order chi connectivity index (χ0) is 17.0. The summed E-state index contributed by atoms with van der Waals surface area (Å²) in [4.78, 5) is 9.43. The highest BCUT2D eigenvalue weighted by Crippen LogP contribution is 2.38. The van der Waals surface area contributed by atoms with Gasteiger partial charge in [-0.05, 0) is 37.5 Å². The summed E-state index contributed by atoms with van der Waals surface area (Å²) in [5.74, 6) is 1.04. The van der Waals surface area contributed by atoms with Crippen LogP contribution in [0.4, 0.5) is 5.69 Å². The van der Waals surface area contributed by atoms with Crippen molar-refractivity contribution < 1.29 is 4.74 Å². The van der Waals surface area contributed by atoms with Crippen LogP contribution in [0.25, 0.3) is 0 Å². The van der Waals surface area contributed by atoms with Gasteiger partial charge in [-0.25, -0.2) is 4.99 Å². The van der Waals surface area contributed by atoms with Crippen LogP contribution < -0.4 is 10.2 Å². The fourth-order valence-corrected chi connectivity index (χ4v) is 3.61. The summed E-state index contributed by atoms with van der Waals surface area (Å²) >= 11 is 0. The summed E-state index contributed by atoms with van der Waals surface area (Å²) in [5, 5.41) is 3.46. The highest BCUT2D eigenvalue weighted by molar-refractivity contribution is 14.0. The second-order valence-electron chi connectivity index (χ2n) is 7.21. The number of rotatable bonds is 4. The van der Waals surface area contributed by atoms with E-state index in [1.54, 1.807) is 0 Å². The molecule has 1 unspecified atom stereocenters. The molecule has 2 fully saturated rings. The van der Waals surface area contributed by atoms with E-state index in [1.165, 1.54) is 24.1 Å². The molecule has 1 spiro atoms. The largest absolute Gasteiger partial charge is 0.381 e. The Hall–Kier alpha value is -1.02. The van der Waals surface area contributed by atoms with Crippen molar-refractivity contribution in [1.29, 1.82) is 0 Å². The van der Waals surface area contributed by atoms with Gasteiger partial charge < -0.3 is 19.9 Å². The van der Waals surface area contributed by atoms with E-state index in [-0.39, 0.29) is 24.0 Å². The summed E-state index contributed by atoms with van der Waals surface area (Å²) in [6.07, 6.45) is 2.40. The molecule has 25 heavy (non-hydrogen) atoms. The Morgan fingerprint density at radius 1 is 1.36 bits per heavy atom. The quantitative estimate of drug-likeness (QED) is 0.428. The van der Waals surface area contributed by atoms with Crippen LogP contribution in [-0.2, 0) is 11.3 Å². The van der Waals surface area contributed by atoms with Crippen LogP contribution in [0.1, 0.15) is 25.3 Å². The fraction of sp³-hybridized carbons (Fsp3) is 0.632. The minimum absolute atomic E-state index is 0. The zero-order valence-electron chi connectivity index (χ0n) is 15.6. The van der Waals surface area contributed by atoms with Gasteiger partial charge in [0.15, 0.2) is 5.96 Å². The first-order chi connectivity index (χ1) is 11.6. The van der Waals surface area contributed by atoms with Crippen LogP contribution in [-0.4, -0.2) is 57.8 Å². The number of benzene rings is 1. The minimum atomic E-state index is 0. The Balaban J connectivity index is 0.00000225. The average molecular weight is 458 g/mol. The molecule has 2 aliphatic rings. The number of hydrogen-bond donors (Lipinski definition) is 1. The first kappa shape index (κ1) is 20.3. The molecule has 1 aromatic rings. The highest BCUT2D eigenvalue weighted by Gasteiger charge is 2.42. The third kappa shape index (κ3) is 5.00. The third-order valence-corrected chi connectivity index (χ3v) is 5.10. The smallest absolute Gasteiger partial charge is 0.194 e. The number of halogens is 1. The molecule has 1 atom stereocenters. The normalized spacial score (nSPS) is 23.0. The van der Waals surface area contributed by atoms with Gasteiger partial charge in [0.2, 0.25) is 0 Å². The van der Waals surface area contributed by atoms with Gasteiger partial charge in [0.1, 0.15) is 0 Å². The Bertz CT molecular complexity index is 585. The zero-order valence-corrected chi connectivity index (χ0v) is 18.0. The monoisotopic (exact) mass is 458 g/mol. The first-order valence-electron chi connectivity index (χ1n) is 8.99. The van der Waals surface area contributed by atoms with Gasteiger partial charge in [0.05, 0.1) is 13.2 Å². The lowest BCUT2D eigenvalue weighted by Gasteiger charge is -2.25. The van der Waals surface area contributed by atoms with E-state index in [0.717, 1.165) is 38.8 Å². The van der Waals surface area contributed by atoms with Crippen molar-refractivity contribution in [2.45, 2.75) is 26.3 Å². The number of likely N-dealkylation sites (tertiary alicyclic amines) is 1. The molecule has 0 aromatic heterocycles. The molecule has 0 radical (unpaired) electrons. The molecule has 0 aliphatic carbocycles. The molecule has 3 rings (SSSR count). The lowest BCUT2D eigenvalue weighted by Crippen LogP contribution is -2.41. The van der Waals surface area contributed by atoms with Crippen molar-refractivity contribution in [2.75, 3.05) is 51.8 Å². The molecule has 5 nitrogen and oxygen atoms in total. The van der Waals surface area contributed by atoms with Gasteiger partial charge in [-0.2, -0.15) is 0 Å². The number of nitrogens with zero attached hydrogens (tertiary/aromatic N) is 3. The molecule has 0 saturated carbocycles. The molecular weight excluding hydrogens is 427 g/mol. The lowest BCUT2D eigenvalue weighted by atomic mass is 9.87. The van der Waals surface area contributed by atoms with Gasteiger partial charge in [-0.1, -0.05) is 12.1 Å². The van der Waals surface area contributed by atoms with Crippen molar-refractivity contribution >= 4 is 35.6 Å². The number of anilines is 1. The van der Waals surface area contributed by atoms with E-state index in [0.29, 0.717) is 12.0 Å². The molecule has 0 bridgehead atoms. The molecule has 2 aliphatic heterocycles. The van der Waals surface area contributed by atoms with Gasteiger partial charge in [-0.15, -0.1) is 24.0 Å². The van der Waals surface area contributed by atoms with E-state index in [2.05, 4.69) is 60.4 Å². The van der Waals surface area contributed by atoms with Gasteiger partial charge >= 0.3 is 0 Å². The summed E-state index contributed by atoms with van der Waals surface area (Å²) in [6, 6.07) is 8.59. The van der Waals surface area contributed by atoms with Crippen LogP contribution in [0.3, 0.4) is 0 Å². The summed E-state index contributed by atoms with van der Waals surface area (Å²) in [5.41, 5.74) is 2.83. The van der Waals surface area contributed by atoms with Gasteiger partial charge in [-0.3, -0.25) is 0 Å². The SMILES string of the molecule is CCNC(=NCc1cccc(N(C)C)c1)N1CCC2(CCOC2)C1.I. The first-order valence-corrected chi connectivity index (χ1v) is 8.99. The maximum atomic E-state index is 5.64. The number of hydrogen-bond acceptors (Lipinski definition) is 3. The summed E-state index contributed by atoms with van der Waals surface area (Å²) in [6.45, 7) is 7.71. The number of guanidine groups is 1. The Morgan fingerprint density at radius 3 is 2.88 bits per heavy atom. The molecule has 140 valence electrons. The minimum Gasteiger partial charge on any atom is -0.381 e. The number of ether oxygens (including phenoxy) is 1. The fourth-order valence-electron chi connectivity index (χ4n) is 3.61. The number of aliphatic imine (C=N–C) groups is 1. The van der Waals surface area contributed by atoms with E-state index in [4.69, 9.17) is 9.73 Å². The predicted molar refractivity (Wildman–Crippen MR) is 115 cm³/mol. The second kappa shape index (κ2) is 9.07. The van der Waals surface area contributed by atoms with Crippen molar-refractivity contribution in [1.82, 2.24) is 10.2 Å². The van der Waals surface area contributed by atoms with Crippen molar-refractivity contribution in [3.8, 4) is 0 Å². The molecule has 0 amide bonds. The Morgan fingerprint density at radius 2 is 2.20 bits per heavy atom. The topological polar surface area (TPSA) is 40.1 Å². The average Bonchev–Trinajstić information content (AvgIpc) is 3.22. The van der Waals surface area contributed by atoms with Gasteiger partial charge in [0, 0.05) is 51.4 Å². The van der Waals surface area contributed by atoms with E-state index in [9.17, 15) is 0 Å². The Kier molecular flexibility index (Phi) is 7.37. The lowest BCUT2D eigenvalue weighted by molar-refractivity contribution is 0.156. The number of nitrogens with one attached hydrogen (secondary N) is 1. The molecule has 1 aromatic carbocycles. The van der Waals surface area contributed by atoms with Crippen LogP contribution in [0, 0.1) is 5.41 Å². The summed E-state index contributed by atoms with van der Waals surface area (Å²) in [7, 11) is 4.14.